The molecule has 100 valence electrons. The summed E-state index contributed by atoms with van der Waals surface area (Å²) in [5, 5.41) is 0. The number of amides is 1. The first kappa shape index (κ1) is 14.5. The molecule has 18 heavy (non-hydrogen) atoms. The van der Waals surface area contributed by atoms with Crippen molar-refractivity contribution in [3.63, 3.8) is 0 Å². The molecule has 0 fully saturated rings. The van der Waals surface area contributed by atoms with Gasteiger partial charge in [-0.25, -0.2) is 0 Å². The van der Waals surface area contributed by atoms with Gasteiger partial charge in [-0.3, -0.25) is 4.79 Å². The molecule has 0 aliphatic rings. The average molecular weight is 250 g/mol. The molecule has 2 N–H and O–H groups in total. The van der Waals surface area contributed by atoms with Gasteiger partial charge in [0.05, 0.1) is 13.2 Å². The summed E-state index contributed by atoms with van der Waals surface area (Å²) >= 11 is 0. The summed E-state index contributed by atoms with van der Waals surface area (Å²) in [7, 11) is 3.41. The van der Waals surface area contributed by atoms with E-state index in [4.69, 9.17) is 10.5 Å². The fourth-order valence-electron chi connectivity index (χ4n) is 2.18. The Labute approximate surface area is 109 Å². The molecule has 0 bridgehead atoms. The molecule has 0 saturated heterocycles. The Bertz CT molecular complexity index is 467. The van der Waals surface area contributed by atoms with Crippen molar-refractivity contribution in [2.24, 2.45) is 5.73 Å². The van der Waals surface area contributed by atoms with Crippen molar-refractivity contribution < 1.29 is 9.53 Å². The first-order chi connectivity index (χ1) is 8.31. The molecule has 4 heteroatoms. The van der Waals surface area contributed by atoms with Gasteiger partial charge >= 0.3 is 0 Å². The fourth-order valence-corrected chi connectivity index (χ4v) is 2.18. The van der Waals surface area contributed by atoms with E-state index in [1.165, 1.54) is 0 Å². The molecular weight excluding hydrogens is 228 g/mol. The lowest BCUT2D eigenvalue weighted by atomic mass is 10.0. The van der Waals surface area contributed by atoms with Crippen LogP contribution in [0.5, 0.6) is 5.75 Å². The topological polar surface area (TPSA) is 55.6 Å². The number of hydrogen-bond donors (Lipinski definition) is 1. The van der Waals surface area contributed by atoms with Crippen LogP contribution >= 0.6 is 0 Å². The maximum atomic E-state index is 12.0. The van der Waals surface area contributed by atoms with Crippen LogP contribution in [0.1, 0.15) is 23.6 Å². The van der Waals surface area contributed by atoms with E-state index in [1.54, 1.807) is 26.0 Å². The number of benzene rings is 1. The summed E-state index contributed by atoms with van der Waals surface area (Å²) in [4.78, 5) is 13.6. The molecule has 4 nitrogen and oxygen atoms in total. The van der Waals surface area contributed by atoms with Gasteiger partial charge in [0.2, 0.25) is 5.91 Å². The van der Waals surface area contributed by atoms with Crippen LogP contribution in [0.4, 0.5) is 5.69 Å². The third kappa shape index (κ3) is 2.48. The van der Waals surface area contributed by atoms with Gasteiger partial charge in [-0.1, -0.05) is 0 Å². The van der Waals surface area contributed by atoms with Crippen molar-refractivity contribution in [2.45, 2.75) is 33.7 Å². The first-order valence-electron chi connectivity index (χ1n) is 5.99. The summed E-state index contributed by atoms with van der Waals surface area (Å²) in [5.74, 6) is 0.751. The zero-order valence-corrected chi connectivity index (χ0v) is 12.0. The van der Waals surface area contributed by atoms with Gasteiger partial charge in [0.15, 0.2) is 0 Å². The highest BCUT2D eigenvalue weighted by atomic mass is 16.5. The van der Waals surface area contributed by atoms with E-state index < -0.39 is 6.04 Å². The Morgan fingerprint density at radius 1 is 1.33 bits per heavy atom. The number of carbonyl (C=O) groups is 1. The number of ether oxygens (including phenoxy) is 1. The lowest BCUT2D eigenvalue weighted by molar-refractivity contribution is -0.119. The third-order valence-electron chi connectivity index (χ3n) is 3.28. The van der Waals surface area contributed by atoms with Crippen LogP contribution in [-0.2, 0) is 4.79 Å². The molecule has 1 aromatic carbocycles. The number of anilines is 1. The minimum absolute atomic E-state index is 0.0919. The highest BCUT2D eigenvalue weighted by Gasteiger charge is 2.20. The summed E-state index contributed by atoms with van der Waals surface area (Å²) in [6.45, 7) is 7.64. The molecule has 0 radical (unpaired) electrons. The first-order valence-corrected chi connectivity index (χ1v) is 5.99. The molecule has 1 atom stereocenters. The van der Waals surface area contributed by atoms with Crippen molar-refractivity contribution >= 4 is 11.6 Å². The van der Waals surface area contributed by atoms with Gasteiger partial charge < -0.3 is 15.4 Å². The maximum absolute atomic E-state index is 12.0. The number of rotatable bonds is 3. The van der Waals surface area contributed by atoms with E-state index >= 15 is 0 Å². The normalized spacial score (nSPS) is 12.2. The quantitative estimate of drug-likeness (QED) is 0.891. The average Bonchev–Trinajstić information content (AvgIpc) is 2.32. The monoisotopic (exact) mass is 250 g/mol. The second kappa shape index (κ2) is 5.40. The number of nitrogens with zero attached hydrogens (tertiary/aromatic N) is 1. The largest absolute Gasteiger partial charge is 0.496 e. The predicted octanol–water partition coefficient (Wildman–Crippen LogP) is 1.93. The summed E-state index contributed by atoms with van der Waals surface area (Å²) in [6, 6.07) is 1.44. The molecule has 1 amide bonds. The van der Waals surface area contributed by atoms with Crippen LogP contribution in [0.15, 0.2) is 6.07 Å². The predicted molar refractivity (Wildman–Crippen MR) is 74.3 cm³/mol. The lowest BCUT2D eigenvalue weighted by Crippen LogP contribution is -2.40. The van der Waals surface area contributed by atoms with Crippen molar-refractivity contribution in [1.82, 2.24) is 0 Å². The van der Waals surface area contributed by atoms with Crippen molar-refractivity contribution in [2.75, 3.05) is 19.1 Å². The Balaban J connectivity index is 3.34. The number of likely N-dealkylation sites (N-methyl/N-ethyl adjacent to an activating group) is 1. The summed E-state index contributed by atoms with van der Waals surface area (Å²) < 4.78 is 5.32. The molecule has 0 aromatic heterocycles. The number of methoxy groups -OCH3 is 1. The maximum Gasteiger partial charge on any atom is 0.243 e. The minimum atomic E-state index is -0.504. The molecule has 0 aliphatic heterocycles. The molecule has 1 rings (SSSR count). The van der Waals surface area contributed by atoms with Gasteiger partial charge in [-0.15, -0.1) is 0 Å². The van der Waals surface area contributed by atoms with Crippen molar-refractivity contribution in [3.8, 4) is 5.75 Å². The molecular formula is C14H22N2O2. The second-order valence-electron chi connectivity index (χ2n) is 4.68. The van der Waals surface area contributed by atoms with Gasteiger partial charge in [0.1, 0.15) is 5.75 Å². The highest BCUT2D eigenvalue weighted by molar-refractivity contribution is 5.98. The van der Waals surface area contributed by atoms with E-state index in [-0.39, 0.29) is 5.91 Å². The fraction of sp³-hybridized carbons (Fsp3) is 0.500. The molecule has 0 saturated carbocycles. The number of nitrogens with two attached hydrogens (primary N) is 1. The smallest absolute Gasteiger partial charge is 0.243 e. The lowest BCUT2D eigenvalue weighted by Gasteiger charge is -2.25. The number of carbonyl (C=O) groups excluding carboxylic acids is 1. The van der Waals surface area contributed by atoms with Gasteiger partial charge in [-0.2, -0.15) is 0 Å². The molecule has 0 aliphatic carbocycles. The Morgan fingerprint density at radius 2 is 1.89 bits per heavy atom. The van der Waals surface area contributed by atoms with Gasteiger partial charge in [0.25, 0.3) is 0 Å². The van der Waals surface area contributed by atoms with E-state index in [2.05, 4.69) is 0 Å². The van der Waals surface area contributed by atoms with Crippen LogP contribution in [0.3, 0.4) is 0 Å². The van der Waals surface area contributed by atoms with Crippen LogP contribution in [0.2, 0.25) is 0 Å². The van der Waals surface area contributed by atoms with E-state index in [0.717, 1.165) is 28.1 Å². The summed E-state index contributed by atoms with van der Waals surface area (Å²) in [5.41, 5.74) is 9.66. The number of hydrogen-bond acceptors (Lipinski definition) is 3. The Hall–Kier alpha value is -1.55. The zero-order valence-electron chi connectivity index (χ0n) is 12.0. The second-order valence-corrected chi connectivity index (χ2v) is 4.68. The summed E-state index contributed by atoms with van der Waals surface area (Å²) in [6.07, 6.45) is 0. The SMILES string of the molecule is COc1cc(C)c(N(C)C(=O)C(C)N)c(C)c1C. The molecule has 1 unspecified atom stereocenters. The van der Waals surface area contributed by atoms with Crippen molar-refractivity contribution in [1.29, 1.82) is 0 Å². The van der Waals surface area contributed by atoms with Crippen LogP contribution in [-0.4, -0.2) is 26.1 Å². The van der Waals surface area contributed by atoms with E-state index in [1.807, 2.05) is 26.8 Å². The molecule has 1 aromatic rings. The Kier molecular flexibility index (Phi) is 4.35. The third-order valence-corrected chi connectivity index (χ3v) is 3.28. The van der Waals surface area contributed by atoms with Crippen LogP contribution in [0, 0.1) is 20.8 Å². The highest BCUT2D eigenvalue weighted by Crippen LogP contribution is 2.33. The minimum Gasteiger partial charge on any atom is -0.496 e. The van der Waals surface area contributed by atoms with E-state index in [0.29, 0.717) is 0 Å². The van der Waals surface area contributed by atoms with E-state index in [9.17, 15) is 4.79 Å². The Morgan fingerprint density at radius 3 is 2.33 bits per heavy atom. The van der Waals surface area contributed by atoms with Crippen LogP contribution in [0.25, 0.3) is 0 Å². The van der Waals surface area contributed by atoms with Gasteiger partial charge in [0, 0.05) is 12.7 Å². The van der Waals surface area contributed by atoms with Gasteiger partial charge in [-0.05, 0) is 50.5 Å². The molecule has 0 heterocycles. The molecule has 0 spiro atoms. The number of aryl methyl sites for hydroxylation is 1. The van der Waals surface area contributed by atoms with Crippen molar-refractivity contribution in [3.05, 3.63) is 22.8 Å². The zero-order chi connectivity index (χ0) is 14.0. The van der Waals surface area contributed by atoms with Crippen LogP contribution < -0.4 is 15.4 Å². The standard InChI is InChI=1S/C14H22N2O2/c1-8-7-12(18-6)9(2)10(3)13(8)16(5)14(17)11(4)15/h7,11H,15H2,1-6H3.